The molecule has 24 heteroatoms. The molecule has 4 rings (SSSR count). The Morgan fingerprint density at radius 1 is 0.642 bits per heavy atom. The van der Waals surface area contributed by atoms with E-state index in [1.807, 2.05) is 80.7 Å². The summed E-state index contributed by atoms with van der Waals surface area (Å²) < 4.78 is 0. The zero-order chi connectivity index (χ0) is 59.4. The number of unbranched alkanes of at least 4 members (excludes halogenated alkanes) is 1. The van der Waals surface area contributed by atoms with Gasteiger partial charge in [0.15, 0.2) is 17.7 Å². The number of Topliss-reactive ketones (excluding diaryl/α,β-unsaturated/α-hetero) is 1. The van der Waals surface area contributed by atoms with Gasteiger partial charge in [-0.25, -0.2) is 0 Å². The molecule has 3 aromatic carbocycles. The fraction of sp³-hybridized carbons (Fsp3) is 0.526. The molecule has 0 unspecified atom stereocenters. The quantitative estimate of drug-likeness (QED) is 0.0367. The third-order valence-electron chi connectivity index (χ3n) is 13.9. The van der Waals surface area contributed by atoms with E-state index in [9.17, 15) is 43.2 Å². The number of hydrogen-bond donors (Lipinski definition) is 12. The fourth-order valence-electron chi connectivity index (χ4n) is 8.75. The van der Waals surface area contributed by atoms with Crippen LogP contribution >= 0.6 is 0 Å². The van der Waals surface area contributed by atoms with Crippen molar-refractivity contribution in [1.29, 1.82) is 0 Å². The molecule has 1 aliphatic rings. The maximum absolute atomic E-state index is 14.7. The van der Waals surface area contributed by atoms with E-state index in [0.29, 0.717) is 43.5 Å². The van der Waals surface area contributed by atoms with Crippen molar-refractivity contribution in [2.75, 3.05) is 53.9 Å². The molecular weight excluding hydrogens is 1040 g/mol. The second kappa shape index (κ2) is 34.1. The Labute approximate surface area is 474 Å². The molecule has 14 N–H and O–H groups in total. The second-order valence-corrected chi connectivity index (χ2v) is 20.6. The van der Waals surface area contributed by atoms with Gasteiger partial charge in [-0.05, 0) is 115 Å². The van der Waals surface area contributed by atoms with Gasteiger partial charge >= 0.3 is 0 Å². The third kappa shape index (κ3) is 23.6. The van der Waals surface area contributed by atoms with Crippen LogP contribution < -0.4 is 64.6 Å². The van der Waals surface area contributed by atoms with Crippen LogP contribution in [-0.4, -0.2) is 166 Å². The summed E-state index contributed by atoms with van der Waals surface area (Å²) >= 11 is 0. The number of fused-ring (bicyclic) bond motifs is 1. The maximum Gasteiger partial charge on any atom is 0.243 e. The van der Waals surface area contributed by atoms with Gasteiger partial charge in [-0.3, -0.25) is 53.1 Å². The van der Waals surface area contributed by atoms with Crippen LogP contribution in [0.15, 0.2) is 76.7 Å². The summed E-state index contributed by atoms with van der Waals surface area (Å²) in [5.74, 6) is -6.03. The van der Waals surface area contributed by atoms with E-state index < -0.39 is 103 Å². The SMILES string of the molecule is CN=C(N)NCCC[C@H](NC(=O)[C@H]1CCC(=O)NCC(=O)N[C@@H](Cc2ccc(C)cc2)C(=O)N[C@@H](CCCCN(C)C(C)C)C(=O)N[C@H](CCCNC(N)=NC)C(=O)N[C@@H](Cc2ccc3ccccc3c2)C(=O)NCC(=O)N1)C(C)=O. The Balaban J connectivity index is 1.76. The summed E-state index contributed by atoms with van der Waals surface area (Å²) in [5.41, 5.74) is 13.9. The molecule has 0 aliphatic carbocycles. The smallest absolute Gasteiger partial charge is 0.243 e. The van der Waals surface area contributed by atoms with Crippen molar-refractivity contribution < 1.29 is 43.2 Å². The summed E-state index contributed by atoms with van der Waals surface area (Å²) in [4.78, 5) is 136. The summed E-state index contributed by atoms with van der Waals surface area (Å²) in [7, 11) is 5.00. The second-order valence-electron chi connectivity index (χ2n) is 20.6. The van der Waals surface area contributed by atoms with E-state index in [-0.39, 0.29) is 75.2 Å². The molecule has 0 spiro atoms. The molecular formula is C57H85N15O9. The first-order valence-corrected chi connectivity index (χ1v) is 27.7. The summed E-state index contributed by atoms with van der Waals surface area (Å²) in [6.07, 6.45) is 1.41. The minimum atomic E-state index is -1.42. The molecule has 0 radical (unpaired) electrons. The standard InChI is InChI=1S/C57H85N15O9/c1-35(2)72(7)29-11-10-16-43-52(78)69-44(18-13-28-63-57(59)61-6)53(79)71-46(32-39-23-24-40-14-8-9-15-41(40)30-39)51(77)65-34-50(76)66-45(54(80)68-42(37(4)73)17-12-27-62-56(58)60-5)25-26-48(74)64-33-49(75)67-47(55(81)70-43)31-38-21-19-36(3)20-22-38/h8-9,14-15,19-24,30,35,42-47H,10-13,16-18,25-29,31-34H2,1-7H3,(H,64,74)(H,65,77)(H,66,76)(H,67,75)(H,68,80)(H,69,78)(H,70,81)(H,71,79)(H3,58,60,62)(H3,59,61,63)/t42-,43-,44+,45+,46-,47-/m0/s1. The highest BCUT2D eigenvalue weighted by Crippen LogP contribution is 2.18. The van der Waals surface area contributed by atoms with Crippen molar-refractivity contribution in [3.05, 3.63) is 83.4 Å². The number of nitrogens with zero attached hydrogens (tertiary/aromatic N) is 3. The van der Waals surface area contributed by atoms with E-state index >= 15 is 0 Å². The van der Waals surface area contributed by atoms with Gasteiger partial charge in [0.1, 0.15) is 30.2 Å². The Morgan fingerprint density at radius 2 is 1.19 bits per heavy atom. The molecule has 6 atom stereocenters. The molecule has 24 nitrogen and oxygen atoms in total. The van der Waals surface area contributed by atoms with Crippen LogP contribution in [0.5, 0.6) is 0 Å². The predicted octanol–water partition coefficient (Wildman–Crippen LogP) is -0.403. The van der Waals surface area contributed by atoms with E-state index in [4.69, 9.17) is 11.5 Å². The van der Waals surface area contributed by atoms with Gasteiger partial charge in [0, 0.05) is 52.5 Å². The number of benzene rings is 3. The van der Waals surface area contributed by atoms with Crippen LogP contribution in [0.3, 0.4) is 0 Å². The van der Waals surface area contributed by atoms with Gasteiger partial charge in [-0.2, -0.15) is 0 Å². The number of guanidine groups is 2. The molecule has 442 valence electrons. The van der Waals surface area contributed by atoms with Crippen LogP contribution in [0, 0.1) is 6.92 Å². The molecule has 1 fully saturated rings. The predicted molar refractivity (Wildman–Crippen MR) is 311 cm³/mol. The number of amides is 8. The van der Waals surface area contributed by atoms with Gasteiger partial charge in [0.2, 0.25) is 47.3 Å². The minimum absolute atomic E-state index is 0.00246. The van der Waals surface area contributed by atoms with Crippen LogP contribution in [0.4, 0.5) is 0 Å². The van der Waals surface area contributed by atoms with Crippen LogP contribution in [0.25, 0.3) is 10.8 Å². The number of nitrogens with two attached hydrogens (primary N) is 2. The Kier molecular flexibility index (Phi) is 27.5. The van der Waals surface area contributed by atoms with E-state index in [2.05, 4.69) is 81.9 Å². The Morgan fingerprint density at radius 3 is 1.81 bits per heavy atom. The normalized spacial score (nSPS) is 20.2. The molecule has 3 aromatic rings. The highest BCUT2D eigenvalue weighted by molar-refractivity contribution is 5.98. The van der Waals surface area contributed by atoms with E-state index in [1.165, 1.54) is 21.0 Å². The lowest BCUT2D eigenvalue weighted by atomic mass is 10.00. The number of aliphatic imine (C=N–C) groups is 2. The minimum Gasteiger partial charge on any atom is -0.370 e. The van der Waals surface area contributed by atoms with Crippen molar-refractivity contribution in [2.45, 2.75) is 141 Å². The van der Waals surface area contributed by atoms with Gasteiger partial charge in [-0.15, -0.1) is 0 Å². The highest BCUT2D eigenvalue weighted by Gasteiger charge is 2.33. The monoisotopic (exact) mass is 1120 g/mol. The molecule has 0 bridgehead atoms. The molecule has 1 saturated heterocycles. The molecule has 1 aliphatic heterocycles. The molecule has 1 heterocycles. The fourth-order valence-corrected chi connectivity index (χ4v) is 8.75. The number of hydrogen-bond acceptors (Lipinski definition) is 12. The summed E-state index contributed by atoms with van der Waals surface area (Å²) in [6.45, 7) is 7.33. The zero-order valence-electron chi connectivity index (χ0n) is 47.9. The van der Waals surface area contributed by atoms with Crippen molar-refractivity contribution in [1.82, 2.24) is 58.1 Å². The average molecular weight is 1120 g/mol. The maximum atomic E-state index is 14.7. The number of rotatable bonds is 21. The number of ketones is 1. The van der Waals surface area contributed by atoms with Gasteiger partial charge in [0.25, 0.3) is 0 Å². The number of carbonyl (C=O) groups is 9. The van der Waals surface area contributed by atoms with Crippen molar-refractivity contribution in [2.24, 2.45) is 21.5 Å². The van der Waals surface area contributed by atoms with Crippen LogP contribution in [-0.2, 0) is 56.0 Å². The van der Waals surface area contributed by atoms with Crippen LogP contribution in [0.1, 0.15) is 95.2 Å². The largest absolute Gasteiger partial charge is 0.370 e. The van der Waals surface area contributed by atoms with Crippen molar-refractivity contribution >= 4 is 75.7 Å². The summed E-state index contributed by atoms with van der Waals surface area (Å²) in [5, 5.41) is 29.2. The summed E-state index contributed by atoms with van der Waals surface area (Å²) in [6, 6.07) is 13.2. The molecule has 0 saturated carbocycles. The van der Waals surface area contributed by atoms with Gasteiger partial charge in [-0.1, -0.05) is 72.3 Å². The Hall–Kier alpha value is -8.15. The van der Waals surface area contributed by atoms with Crippen LogP contribution in [0.2, 0.25) is 0 Å². The van der Waals surface area contributed by atoms with Crippen molar-refractivity contribution in [3.63, 3.8) is 0 Å². The number of carbonyl (C=O) groups excluding carboxylic acids is 9. The number of aryl methyl sites for hydroxylation is 1. The lowest BCUT2D eigenvalue weighted by Gasteiger charge is -2.27. The molecule has 81 heavy (non-hydrogen) atoms. The van der Waals surface area contributed by atoms with Gasteiger partial charge < -0.3 is 69.5 Å². The van der Waals surface area contributed by atoms with E-state index in [0.717, 1.165) is 16.3 Å². The Bertz CT molecular complexity index is 2680. The molecule has 8 amide bonds. The first-order valence-electron chi connectivity index (χ1n) is 27.7. The third-order valence-corrected chi connectivity index (χ3v) is 13.9. The molecule has 0 aromatic heterocycles. The van der Waals surface area contributed by atoms with E-state index in [1.54, 1.807) is 0 Å². The zero-order valence-corrected chi connectivity index (χ0v) is 47.9. The first kappa shape index (κ1) is 65.4. The number of nitrogens with one attached hydrogen (secondary N) is 10. The average Bonchev–Trinajstić information content (AvgIpc) is 3.45. The lowest BCUT2D eigenvalue weighted by Crippen LogP contribution is -2.59. The van der Waals surface area contributed by atoms with Gasteiger partial charge in [0.05, 0.1) is 19.1 Å². The first-order chi connectivity index (χ1) is 38.6. The topological polar surface area (TPSA) is 354 Å². The lowest BCUT2D eigenvalue weighted by molar-refractivity contribution is -0.135. The van der Waals surface area contributed by atoms with Crippen molar-refractivity contribution in [3.8, 4) is 0 Å². The highest BCUT2D eigenvalue weighted by atomic mass is 16.2.